The molecule has 4 heteroatoms. The maximum atomic E-state index is 10.3. The van der Waals surface area contributed by atoms with E-state index in [1.807, 2.05) is 48.1 Å². The van der Waals surface area contributed by atoms with Gasteiger partial charge >= 0.3 is 0 Å². The van der Waals surface area contributed by atoms with Crippen LogP contribution in [0.3, 0.4) is 0 Å². The van der Waals surface area contributed by atoms with Gasteiger partial charge in [-0.3, -0.25) is 4.98 Å². The van der Waals surface area contributed by atoms with E-state index in [4.69, 9.17) is 0 Å². The minimum atomic E-state index is -0.698. The molecule has 1 aromatic carbocycles. The molecule has 0 radical (unpaired) electrons. The van der Waals surface area contributed by atoms with Crippen LogP contribution >= 0.6 is 0 Å². The van der Waals surface area contributed by atoms with Crippen LogP contribution in [0.4, 0.5) is 0 Å². The van der Waals surface area contributed by atoms with Gasteiger partial charge in [0.15, 0.2) is 0 Å². The first-order valence-electron chi connectivity index (χ1n) is 5.74. The summed E-state index contributed by atoms with van der Waals surface area (Å²) in [5.74, 6) is 0. The first kappa shape index (κ1) is 10.9. The molecule has 0 saturated carbocycles. The van der Waals surface area contributed by atoms with E-state index in [-0.39, 0.29) is 0 Å². The highest BCUT2D eigenvalue weighted by molar-refractivity contribution is 5.79. The molecule has 0 aliphatic rings. The predicted molar refractivity (Wildman–Crippen MR) is 69.0 cm³/mol. The molecule has 90 valence electrons. The SMILES string of the molecule is Cn1cnc(C(O)c2ccc3ncccc3c2)c1. The zero-order valence-corrected chi connectivity index (χ0v) is 9.99. The highest BCUT2D eigenvalue weighted by atomic mass is 16.3. The minimum Gasteiger partial charge on any atom is -0.382 e. The van der Waals surface area contributed by atoms with Gasteiger partial charge in [0.05, 0.1) is 17.5 Å². The van der Waals surface area contributed by atoms with Crippen molar-refractivity contribution in [2.24, 2.45) is 7.05 Å². The van der Waals surface area contributed by atoms with Crippen LogP contribution in [-0.2, 0) is 7.05 Å². The number of aliphatic hydroxyl groups excluding tert-OH is 1. The molecule has 0 aliphatic heterocycles. The van der Waals surface area contributed by atoms with Gasteiger partial charge in [0.25, 0.3) is 0 Å². The summed E-state index contributed by atoms with van der Waals surface area (Å²) in [6.45, 7) is 0. The van der Waals surface area contributed by atoms with Crippen molar-refractivity contribution in [3.8, 4) is 0 Å². The van der Waals surface area contributed by atoms with Crippen molar-refractivity contribution in [1.29, 1.82) is 0 Å². The van der Waals surface area contributed by atoms with Crippen molar-refractivity contribution in [2.45, 2.75) is 6.10 Å². The van der Waals surface area contributed by atoms with Gasteiger partial charge in [0, 0.05) is 24.8 Å². The molecule has 4 nitrogen and oxygen atoms in total. The fraction of sp³-hybridized carbons (Fsp3) is 0.143. The largest absolute Gasteiger partial charge is 0.382 e. The van der Waals surface area contributed by atoms with E-state index in [0.29, 0.717) is 5.69 Å². The molecule has 3 aromatic rings. The summed E-state index contributed by atoms with van der Waals surface area (Å²) in [6, 6.07) is 9.61. The van der Waals surface area contributed by atoms with Gasteiger partial charge in [0.1, 0.15) is 6.10 Å². The minimum absolute atomic E-state index is 0.653. The molecule has 0 spiro atoms. The quantitative estimate of drug-likeness (QED) is 0.744. The third-order valence-corrected chi connectivity index (χ3v) is 2.95. The third kappa shape index (κ3) is 1.87. The molecule has 0 saturated heterocycles. The summed E-state index contributed by atoms with van der Waals surface area (Å²) < 4.78 is 1.82. The van der Waals surface area contributed by atoms with Gasteiger partial charge < -0.3 is 9.67 Å². The molecular weight excluding hydrogens is 226 g/mol. The van der Waals surface area contributed by atoms with Gasteiger partial charge in [0.2, 0.25) is 0 Å². The molecule has 18 heavy (non-hydrogen) atoms. The summed E-state index contributed by atoms with van der Waals surface area (Å²) in [6.07, 6.45) is 4.56. The van der Waals surface area contributed by atoms with Gasteiger partial charge in [-0.15, -0.1) is 0 Å². The number of aryl methyl sites for hydroxylation is 1. The van der Waals surface area contributed by atoms with Crippen LogP contribution < -0.4 is 0 Å². The summed E-state index contributed by atoms with van der Waals surface area (Å²) in [5, 5.41) is 11.3. The van der Waals surface area contributed by atoms with Crippen LogP contribution in [0.15, 0.2) is 49.1 Å². The molecule has 1 N–H and O–H groups in total. The van der Waals surface area contributed by atoms with Gasteiger partial charge in [-0.25, -0.2) is 4.98 Å². The number of nitrogens with zero attached hydrogens (tertiary/aromatic N) is 3. The van der Waals surface area contributed by atoms with E-state index in [2.05, 4.69) is 9.97 Å². The first-order valence-corrected chi connectivity index (χ1v) is 5.74. The van der Waals surface area contributed by atoms with Crippen LogP contribution in [0.1, 0.15) is 17.4 Å². The lowest BCUT2D eigenvalue weighted by Gasteiger charge is -2.09. The van der Waals surface area contributed by atoms with E-state index >= 15 is 0 Å². The van der Waals surface area contributed by atoms with Crippen LogP contribution in [0.5, 0.6) is 0 Å². The topological polar surface area (TPSA) is 50.9 Å². The average molecular weight is 239 g/mol. The van der Waals surface area contributed by atoms with Crippen LogP contribution in [0.2, 0.25) is 0 Å². The molecule has 0 fully saturated rings. The van der Waals surface area contributed by atoms with Crippen molar-refractivity contribution in [1.82, 2.24) is 14.5 Å². The Morgan fingerprint density at radius 2 is 2.11 bits per heavy atom. The van der Waals surface area contributed by atoms with Gasteiger partial charge in [-0.1, -0.05) is 12.1 Å². The van der Waals surface area contributed by atoms with E-state index in [1.54, 1.807) is 12.5 Å². The Balaban J connectivity index is 2.03. The Hall–Kier alpha value is -2.20. The first-order chi connectivity index (χ1) is 8.74. The molecule has 3 rings (SSSR count). The van der Waals surface area contributed by atoms with Crippen molar-refractivity contribution < 1.29 is 5.11 Å². The fourth-order valence-electron chi connectivity index (χ4n) is 2.01. The zero-order chi connectivity index (χ0) is 12.5. The number of hydrogen-bond donors (Lipinski definition) is 1. The lowest BCUT2D eigenvalue weighted by molar-refractivity contribution is 0.216. The molecule has 0 aliphatic carbocycles. The third-order valence-electron chi connectivity index (χ3n) is 2.95. The summed E-state index contributed by atoms with van der Waals surface area (Å²) in [4.78, 5) is 8.43. The average Bonchev–Trinajstić information content (AvgIpc) is 2.84. The maximum absolute atomic E-state index is 10.3. The van der Waals surface area contributed by atoms with Crippen LogP contribution in [0, 0.1) is 0 Å². The molecule has 0 amide bonds. The van der Waals surface area contributed by atoms with Gasteiger partial charge in [-0.2, -0.15) is 0 Å². The maximum Gasteiger partial charge on any atom is 0.123 e. The molecule has 1 atom stereocenters. The van der Waals surface area contributed by atoms with Gasteiger partial charge in [-0.05, 0) is 23.8 Å². The van der Waals surface area contributed by atoms with E-state index in [0.717, 1.165) is 16.5 Å². The number of aliphatic hydroxyl groups is 1. The Morgan fingerprint density at radius 3 is 2.89 bits per heavy atom. The van der Waals surface area contributed by atoms with Crippen LogP contribution in [-0.4, -0.2) is 19.6 Å². The Labute approximate surface area is 105 Å². The van der Waals surface area contributed by atoms with Crippen molar-refractivity contribution in [3.63, 3.8) is 0 Å². The number of imidazole rings is 1. The highest BCUT2D eigenvalue weighted by Gasteiger charge is 2.13. The van der Waals surface area contributed by atoms with E-state index in [1.165, 1.54) is 0 Å². The fourth-order valence-corrected chi connectivity index (χ4v) is 2.01. The summed E-state index contributed by atoms with van der Waals surface area (Å²) in [7, 11) is 1.88. The number of rotatable bonds is 2. The number of pyridine rings is 1. The highest BCUT2D eigenvalue weighted by Crippen LogP contribution is 2.23. The number of benzene rings is 1. The summed E-state index contributed by atoms with van der Waals surface area (Å²) in [5.41, 5.74) is 2.41. The van der Waals surface area contributed by atoms with Crippen LogP contribution in [0.25, 0.3) is 10.9 Å². The summed E-state index contributed by atoms with van der Waals surface area (Å²) >= 11 is 0. The van der Waals surface area contributed by atoms with Crippen molar-refractivity contribution in [3.05, 3.63) is 60.3 Å². The second-order valence-corrected chi connectivity index (χ2v) is 4.32. The lowest BCUT2D eigenvalue weighted by atomic mass is 10.0. The van der Waals surface area contributed by atoms with E-state index < -0.39 is 6.10 Å². The Bertz CT molecular complexity index is 690. The molecular formula is C14H13N3O. The Kier molecular flexibility index (Phi) is 2.57. The molecule has 2 aromatic heterocycles. The standard InChI is InChI=1S/C14H13N3O/c1-17-8-13(16-9-17)14(18)11-4-5-12-10(7-11)3-2-6-15-12/h2-9,14,18H,1H3. The number of fused-ring (bicyclic) bond motifs is 1. The van der Waals surface area contributed by atoms with E-state index in [9.17, 15) is 5.11 Å². The Morgan fingerprint density at radius 1 is 1.22 bits per heavy atom. The smallest absolute Gasteiger partial charge is 0.123 e. The second-order valence-electron chi connectivity index (χ2n) is 4.32. The second kappa shape index (κ2) is 4.23. The normalized spacial score (nSPS) is 12.8. The molecule has 2 heterocycles. The lowest BCUT2D eigenvalue weighted by Crippen LogP contribution is -2.00. The van der Waals surface area contributed by atoms with Crippen molar-refractivity contribution in [2.75, 3.05) is 0 Å². The zero-order valence-electron chi connectivity index (χ0n) is 9.99. The molecule has 1 unspecified atom stereocenters. The molecule has 0 bridgehead atoms. The number of hydrogen-bond acceptors (Lipinski definition) is 3. The monoisotopic (exact) mass is 239 g/mol. The predicted octanol–water partition coefficient (Wildman–Crippen LogP) is 2.05. The number of aromatic nitrogens is 3. The van der Waals surface area contributed by atoms with Crippen molar-refractivity contribution >= 4 is 10.9 Å².